The first-order valence-corrected chi connectivity index (χ1v) is 12.1. The topological polar surface area (TPSA) is 3.24 Å². The molecule has 1 heteroatoms. The number of para-hydroxylation sites is 1. The number of aryl methyl sites for hydroxylation is 1. The molecule has 2 aliphatic rings. The van der Waals surface area contributed by atoms with Gasteiger partial charge in [0.1, 0.15) is 0 Å². The van der Waals surface area contributed by atoms with Gasteiger partial charge in [-0.05, 0) is 66.3 Å². The van der Waals surface area contributed by atoms with Crippen molar-refractivity contribution in [3.8, 4) is 11.1 Å². The Morgan fingerprint density at radius 2 is 1.24 bits per heavy atom. The number of fused-ring (bicyclic) bond motifs is 7. The van der Waals surface area contributed by atoms with Gasteiger partial charge >= 0.3 is 0 Å². The normalized spacial score (nSPS) is 18.4. The Bertz CT molecular complexity index is 1380. The predicted molar refractivity (Wildman–Crippen MR) is 144 cm³/mol. The summed E-state index contributed by atoms with van der Waals surface area (Å²) in [4.78, 5) is 2.47. The summed E-state index contributed by atoms with van der Waals surface area (Å²) in [5.41, 5.74) is 11.7. The second-order valence-electron chi connectivity index (χ2n) is 9.51. The Labute approximate surface area is 202 Å². The highest BCUT2D eigenvalue weighted by Gasteiger charge is 2.45. The van der Waals surface area contributed by atoms with Crippen LogP contribution in [0.2, 0.25) is 0 Å². The number of hydrogen-bond acceptors (Lipinski definition) is 1. The fourth-order valence-electron chi connectivity index (χ4n) is 5.81. The quantitative estimate of drug-likeness (QED) is 0.288. The van der Waals surface area contributed by atoms with Crippen LogP contribution >= 0.6 is 0 Å². The van der Waals surface area contributed by atoms with Crippen LogP contribution in [-0.2, 0) is 5.41 Å². The number of allylic oxidation sites excluding steroid dienone is 3. The van der Waals surface area contributed by atoms with Crippen LogP contribution in [0.5, 0.6) is 0 Å². The summed E-state index contributed by atoms with van der Waals surface area (Å²) in [6.07, 6.45) is 7.91. The lowest BCUT2D eigenvalue weighted by Crippen LogP contribution is -2.30. The van der Waals surface area contributed by atoms with Crippen LogP contribution in [0.15, 0.2) is 121 Å². The fraction of sp³-hybridized carbons (Fsp3) is 0.152. The van der Waals surface area contributed by atoms with Crippen LogP contribution < -0.4 is 4.90 Å². The van der Waals surface area contributed by atoms with Crippen LogP contribution in [0.3, 0.4) is 0 Å². The number of rotatable bonds is 1. The van der Waals surface area contributed by atoms with Crippen molar-refractivity contribution in [1.29, 1.82) is 0 Å². The van der Waals surface area contributed by atoms with Gasteiger partial charge in [0.2, 0.25) is 0 Å². The zero-order chi connectivity index (χ0) is 23.1. The first-order valence-electron chi connectivity index (χ1n) is 12.1. The summed E-state index contributed by atoms with van der Waals surface area (Å²) in [6.45, 7) is 5.20. The van der Waals surface area contributed by atoms with E-state index in [2.05, 4.69) is 134 Å². The summed E-state index contributed by atoms with van der Waals surface area (Å²) < 4.78 is 0. The van der Waals surface area contributed by atoms with Gasteiger partial charge in [0.15, 0.2) is 0 Å². The number of benzene rings is 4. The van der Waals surface area contributed by atoms with Crippen molar-refractivity contribution in [2.45, 2.75) is 25.7 Å². The van der Waals surface area contributed by atoms with Gasteiger partial charge in [0, 0.05) is 17.9 Å². The van der Waals surface area contributed by atoms with Crippen molar-refractivity contribution in [2.75, 3.05) is 11.4 Å². The minimum Gasteiger partial charge on any atom is -0.337 e. The zero-order valence-electron chi connectivity index (χ0n) is 19.8. The Morgan fingerprint density at radius 3 is 1.91 bits per heavy atom. The van der Waals surface area contributed by atoms with Gasteiger partial charge in [0.25, 0.3) is 0 Å². The Morgan fingerprint density at radius 1 is 0.647 bits per heavy atom. The first kappa shape index (κ1) is 20.7. The highest BCUT2D eigenvalue weighted by Crippen LogP contribution is 2.56. The largest absolute Gasteiger partial charge is 0.337 e. The Balaban J connectivity index is 1.69. The average Bonchev–Trinajstić information content (AvgIpc) is 3.17. The second kappa shape index (κ2) is 8.18. The molecule has 0 amide bonds. The third kappa shape index (κ3) is 3.15. The van der Waals surface area contributed by atoms with Crippen molar-refractivity contribution in [3.05, 3.63) is 143 Å². The van der Waals surface area contributed by atoms with E-state index in [0.29, 0.717) is 0 Å². The molecule has 166 valence electrons. The highest BCUT2D eigenvalue weighted by molar-refractivity contribution is 5.86. The summed E-state index contributed by atoms with van der Waals surface area (Å²) >= 11 is 0. The van der Waals surface area contributed by atoms with E-state index in [1.165, 1.54) is 50.3 Å². The van der Waals surface area contributed by atoms with Gasteiger partial charge < -0.3 is 4.90 Å². The molecule has 0 fully saturated rings. The van der Waals surface area contributed by atoms with Crippen molar-refractivity contribution < 1.29 is 0 Å². The van der Waals surface area contributed by atoms with Gasteiger partial charge in [-0.3, -0.25) is 0 Å². The molecule has 4 aromatic rings. The van der Waals surface area contributed by atoms with Crippen molar-refractivity contribution in [2.24, 2.45) is 0 Å². The van der Waals surface area contributed by atoms with Crippen LogP contribution in [0, 0.1) is 6.92 Å². The van der Waals surface area contributed by atoms with Crippen LogP contribution in [0.4, 0.5) is 11.4 Å². The molecule has 1 aliphatic heterocycles. The van der Waals surface area contributed by atoms with Crippen molar-refractivity contribution >= 4 is 11.4 Å². The maximum absolute atomic E-state index is 2.47. The molecule has 1 heterocycles. The van der Waals surface area contributed by atoms with E-state index < -0.39 is 0 Å². The second-order valence-corrected chi connectivity index (χ2v) is 9.51. The highest BCUT2D eigenvalue weighted by atomic mass is 15.1. The zero-order valence-corrected chi connectivity index (χ0v) is 19.8. The first-order chi connectivity index (χ1) is 16.7. The van der Waals surface area contributed by atoms with E-state index in [9.17, 15) is 0 Å². The molecule has 1 spiro atoms. The van der Waals surface area contributed by atoms with E-state index in [4.69, 9.17) is 0 Å². The molecule has 1 aliphatic carbocycles. The van der Waals surface area contributed by atoms with E-state index in [1.54, 1.807) is 0 Å². The summed E-state index contributed by atoms with van der Waals surface area (Å²) in [5.74, 6) is 0. The third-order valence-electron chi connectivity index (χ3n) is 7.46. The lowest BCUT2D eigenvalue weighted by Gasteiger charge is -2.37. The molecular formula is C33H29N. The molecule has 1 nitrogen and oxygen atoms in total. The third-order valence-corrected chi connectivity index (χ3v) is 7.46. The Hall–Kier alpha value is -3.84. The maximum Gasteiger partial charge on any atom is 0.0518 e. The minimum absolute atomic E-state index is 0.237. The molecule has 0 bridgehead atoms. The van der Waals surface area contributed by atoms with Gasteiger partial charge in [0.05, 0.1) is 5.41 Å². The van der Waals surface area contributed by atoms with Crippen LogP contribution in [0.1, 0.15) is 35.6 Å². The van der Waals surface area contributed by atoms with Crippen molar-refractivity contribution in [3.63, 3.8) is 0 Å². The summed E-state index contributed by atoms with van der Waals surface area (Å²) in [5, 5.41) is 0. The molecule has 0 N–H and O–H groups in total. The predicted octanol–water partition coefficient (Wildman–Crippen LogP) is 8.35. The lowest BCUT2D eigenvalue weighted by atomic mass is 9.69. The smallest absolute Gasteiger partial charge is 0.0518 e. The molecule has 0 saturated heterocycles. The molecule has 0 saturated carbocycles. The van der Waals surface area contributed by atoms with Crippen LogP contribution in [0.25, 0.3) is 11.1 Å². The van der Waals surface area contributed by atoms with E-state index in [1.807, 2.05) is 0 Å². The van der Waals surface area contributed by atoms with Gasteiger partial charge in [-0.25, -0.2) is 0 Å². The molecule has 0 aromatic heterocycles. The molecule has 4 aromatic carbocycles. The summed E-state index contributed by atoms with van der Waals surface area (Å²) in [6, 6.07) is 35.9. The average molecular weight is 440 g/mol. The maximum atomic E-state index is 2.47. The molecule has 0 unspecified atom stereocenters. The van der Waals surface area contributed by atoms with Gasteiger partial charge in [-0.2, -0.15) is 0 Å². The molecule has 0 radical (unpaired) electrons. The van der Waals surface area contributed by atoms with E-state index in [0.717, 1.165) is 13.0 Å². The van der Waals surface area contributed by atoms with Crippen molar-refractivity contribution in [1.82, 2.24) is 0 Å². The van der Waals surface area contributed by atoms with Gasteiger partial charge in [-0.1, -0.05) is 108 Å². The molecule has 0 atom stereocenters. The Kier molecular flexibility index (Phi) is 4.99. The molecule has 6 rings (SSSR count). The standard InChI is InChI=1S/C33H29N/c1-24-10-9-23-34(26-19-17-25(2)18-20-26)32-16-8-7-15-31(32)33(22-21-24)29-13-5-3-11-27(29)28-12-4-6-14-30(28)33/h3-21H,22-23H2,1-2H3/b10-9-,24-21-. The minimum atomic E-state index is -0.237. The van der Waals surface area contributed by atoms with Gasteiger partial charge in [-0.15, -0.1) is 0 Å². The van der Waals surface area contributed by atoms with E-state index >= 15 is 0 Å². The fourth-order valence-corrected chi connectivity index (χ4v) is 5.81. The number of hydrogen-bond donors (Lipinski definition) is 0. The lowest BCUT2D eigenvalue weighted by molar-refractivity contribution is 0.642. The van der Waals surface area contributed by atoms with Crippen LogP contribution in [-0.4, -0.2) is 6.54 Å². The summed E-state index contributed by atoms with van der Waals surface area (Å²) in [7, 11) is 0. The molecule has 34 heavy (non-hydrogen) atoms. The van der Waals surface area contributed by atoms with E-state index in [-0.39, 0.29) is 5.41 Å². The number of nitrogens with zero attached hydrogens (tertiary/aromatic N) is 1. The SMILES string of the molecule is CC1=C/CC2(c3ccccc3-c3ccccc32)c2ccccc2N(c2ccc(C)cc2)C/C=C\1. The monoisotopic (exact) mass is 439 g/mol. The molecular weight excluding hydrogens is 410 g/mol. The number of anilines is 2.